The molecule has 2 atom stereocenters. The Hall–Kier alpha value is -2.45. The first kappa shape index (κ1) is 19.9. The number of methoxy groups -OCH3 is 1. The Morgan fingerprint density at radius 1 is 1.27 bits per heavy atom. The van der Waals surface area contributed by atoms with E-state index < -0.39 is 35.0 Å². The van der Waals surface area contributed by atoms with Gasteiger partial charge in [0.2, 0.25) is 11.5 Å². The molecule has 8 heteroatoms. The molecule has 26 heavy (non-hydrogen) atoms. The number of carbonyl (C=O) groups excluding carboxylic acids is 3. The molecule has 0 radical (unpaired) electrons. The van der Waals surface area contributed by atoms with E-state index in [9.17, 15) is 14.4 Å². The number of nitrogens with one attached hydrogen (secondary N) is 2. The molecular formula is C18H24N2O6. The molecule has 2 rings (SSSR count). The zero-order valence-corrected chi connectivity index (χ0v) is 15.5. The molecule has 1 aromatic carbocycles. The van der Waals surface area contributed by atoms with Gasteiger partial charge in [-0.25, -0.2) is 14.6 Å². The first-order valence-corrected chi connectivity index (χ1v) is 8.22. The normalized spacial score (nSPS) is 20.1. The second kappa shape index (κ2) is 7.43. The molecule has 1 aromatic rings. The fourth-order valence-electron chi connectivity index (χ4n) is 2.67. The molecule has 1 aliphatic rings. The maximum atomic E-state index is 12.8. The molecule has 0 aromatic heterocycles. The summed E-state index contributed by atoms with van der Waals surface area (Å²) in [6.07, 6.45) is -0.182. The third-order valence-electron chi connectivity index (χ3n) is 3.77. The van der Waals surface area contributed by atoms with Crippen molar-refractivity contribution in [1.82, 2.24) is 5.32 Å². The average Bonchev–Trinajstić information content (AvgIpc) is 2.83. The van der Waals surface area contributed by atoms with Gasteiger partial charge in [-0.1, -0.05) is 18.2 Å². The molecule has 1 unspecified atom stereocenters. The van der Waals surface area contributed by atoms with E-state index in [0.29, 0.717) is 11.3 Å². The van der Waals surface area contributed by atoms with E-state index >= 15 is 0 Å². The van der Waals surface area contributed by atoms with E-state index in [0.717, 1.165) is 0 Å². The molecule has 0 aliphatic carbocycles. The Morgan fingerprint density at radius 2 is 1.92 bits per heavy atom. The van der Waals surface area contributed by atoms with Crippen molar-refractivity contribution in [2.24, 2.45) is 0 Å². The number of ether oxygens (including phenoxy) is 1. The maximum Gasteiger partial charge on any atom is 0.328 e. The third kappa shape index (κ3) is 4.20. The standard InChI is InChI=1S/C18H24N2O6/c1-11(21)19-14(15(22)24-5)10-18(26-25-17(2,3)4)12-8-6-7-9-13(12)20-16(18)23/h6-9,14H,10H2,1-5H3,(H,19,21)(H,20,23)/t14-,18?/m0/s1. The Labute approximate surface area is 152 Å². The van der Waals surface area contributed by atoms with Crippen molar-refractivity contribution >= 4 is 23.5 Å². The largest absolute Gasteiger partial charge is 0.467 e. The van der Waals surface area contributed by atoms with Crippen LogP contribution in [0.15, 0.2) is 24.3 Å². The van der Waals surface area contributed by atoms with Crippen LogP contribution in [-0.4, -0.2) is 36.5 Å². The highest BCUT2D eigenvalue weighted by Gasteiger charge is 2.52. The summed E-state index contributed by atoms with van der Waals surface area (Å²) < 4.78 is 4.76. The van der Waals surface area contributed by atoms with Crippen LogP contribution in [0.1, 0.15) is 39.7 Å². The monoisotopic (exact) mass is 364 g/mol. The zero-order chi connectivity index (χ0) is 19.5. The Bertz CT molecular complexity index is 712. The fraction of sp³-hybridized carbons (Fsp3) is 0.500. The molecule has 1 heterocycles. The lowest BCUT2D eigenvalue weighted by atomic mass is 9.88. The van der Waals surface area contributed by atoms with Gasteiger partial charge in [0.25, 0.3) is 5.91 Å². The molecule has 0 spiro atoms. The van der Waals surface area contributed by atoms with Gasteiger partial charge in [-0.05, 0) is 26.8 Å². The van der Waals surface area contributed by atoms with Crippen LogP contribution in [-0.2, 0) is 34.5 Å². The highest BCUT2D eigenvalue weighted by Crippen LogP contribution is 2.43. The van der Waals surface area contributed by atoms with Gasteiger partial charge in [0.15, 0.2) is 0 Å². The van der Waals surface area contributed by atoms with E-state index in [-0.39, 0.29) is 6.42 Å². The number of hydrogen-bond acceptors (Lipinski definition) is 6. The van der Waals surface area contributed by atoms with Crippen LogP contribution < -0.4 is 10.6 Å². The van der Waals surface area contributed by atoms with Gasteiger partial charge in [-0.15, -0.1) is 0 Å². The van der Waals surface area contributed by atoms with E-state index in [4.69, 9.17) is 14.5 Å². The van der Waals surface area contributed by atoms with Crippen molar-refractivity contribution in [1.29, 1.82) is 0 Å². The topological polar surface area (TPSA) is 103 Å². The highest BCUT2D eigenvalue weighted by molar-refractivity contribution is 6.05. The van der Waals surface area contributed by atoms with Crippen molar-refractivity contribution < 1.29 is 28.9 Å². The van der Waals surface area contributed by atoms with Crippen LogP contribution in [0.4, 0.5) is 5.69 Å². The van der Waals surface area contributed by atoms with Crippen LogP contribution in [0.25, 0.3) is 0 Å². The predicted molar refractivity (Wildman–Crippen MR) is 92.9 cm³/mol. The molecule has 142 valence electrons. The lowest BCUT2D eigenvalue weighted by Gasteiger charge is -2.32. The Balaban J connectivity index is 2.45. The maximum absolute atomic E-state index is 12.8. The molecule has 2 amide bonds. The van der Waals surface area contributed by atoms with E-state index in [1.807, 2.05) is 0 Å². The van der Waals surface area contributed by atoms with Crippen LogP contribution in [0.2, 0.25) is 0 Å². The second-order valence-electron chi connectivity index (χ2n) is 7.09. The summed E-state index contributed by atoms with van der Waals surface area (Å²) in [4.78, 5) is 47.5. The number of anilines is 1. The van der Waals surface area contributed by atoms with Crippen molar-refractivity contribution in [3.8, 4) is 0 Å². The first-order valence-electron chi connectivity index (χ1n) is 8.22. The van der Waals surface area contributed by atoms with Crippen LogP contribution in [0.5, 0.6) is 0 Å². The van der Waals surface area contributed by atoms with Crippen LogP contribution in [0.3, 0.4) is 0 Å². The number of fused-ring (bicyclic) bond motifs is 1. The molecular weight excluding hydrogens is 340 g/mol. The second-order valence-corrected chi connectivity index (χ2v) is 7.09. The number of carbonyl (C=O) groups is 3. The SMILES string of the molecule is COC(=O)[C@H](CC1(OOC(C)(C)C)C(=O)Nc2ccccc21)NC(C)=O. The number of esters is 1. The van der Waals surface area contributed by atoms with E-state index in [2.05, 4.69) is 10.6 Å². The number of para-hydroxylation sites is 1. The van der Waals surface area contributed by atoms with E-state index in [1.165, 1.54) is 14.0 Å². The fourth-order valence-corrected chi connectivity index (χ4v) is 2.67. The summed E-state index contributed by atoms with van der Waals surface area (Å²) in [5.41, 5.74) is -1.22. The lowest BCUT2D eigenvalue weighted by Crippen LogP contribution is -2.49. The van der Waals surface area contributed by atoms with Gasteiger partial charge in [-0.3, -0.25) is 9.59 Å². The van der Waals surface area contributed by atoms with Gasteiger partial charge >= 0.3 is 5.97 Å². The number of amides is 2. The van der Waals surface area contributed by atoms with Gasteiger partial charge in [0.05, 0.1) is 12.7 Å². The van der Waals surface area contributed by atoms with Gasteiger partial charge < -0.3 is 15.4 Å². The molecule has 0 saturated carbocycles. The first-order chi connectivity index (χ1) is 12.1. The minimum absolute atomic E-state index is 0.182. The van der Waals surface area contributed by atoms with Crippen molar-refractivity contribution in [2.75, 3.05) is 12.4 Å². The summed E-state index contributed by atoms with van der Waals surface area (Å²) >= 11 is 0. The van der Waals surface area contributed by atoms with Crippen LogP contribution >= 0.6 is 0 Å². The summed E-state index contributed by atoms with van der Waals surface area (Å²) in [6, 6.07) is 5.87. The number of hydrogen-bond donors (Lipinski definition) is 2. The van der Waals surface area contributed by atoms with Crippen molar-refractivity contribution in [3.05, 3.63) is 29.8 Å². The van der Waals surface area contributed by atoms with Gasteiger partial charge in [0.1, 0.15) is 6.04 Å². The van der Waals surface area contributed by atoms with Crippen molar-refractivity contribution in [2.45, 2.75) is 51.4 Å². The molecule has 0 bridgehead atoms. The van der Waals surface area contributed by atoms with Crippen molar-refractivity contribution in [3.63, 3.8) is 0 Å². The summed E-state index contributed by atoms with van der Waals surface area (Å²) in [5, 5.41) is 5.23. The van der Waals surface area contributed by atoms with Crippen LogP contribution in [0, 0.1) is 0 Å². The minimum atomic E-state index is -1.61. The highest BCUT2D eigenvalue weighted by atomic mass is 17.2. The van der Waals surface area contributed by atoms with Gasteiger partial charge in [0, 0.05) is 24.6 Å². The molecule has 1 aliphatic heterocycles. The molecule has 0 saturated heterocycles. The minimum Gasteiger partial charge on any atom is -0.467 e. The lowest BCUT2D eigenvalue weighted by molar-refractivity contribution is -0.398. The average molecular weight is 364 g/mol. The number of rotatable bonds is 6. The Morgan fingerprint density at radius 3 is 2.50 bits per heavy atom. The Kier molecular flexibility index (Phi) is 5.68. The summed E-state index contributed by atoms with van der Waals surface area (Å²) in [7, 11) is 1.21. The number of benzene rings is 1. The quantitative estimate of drug-likeness (QED) is 0.452. The molecule has 2 N–H and O–H groups in total. The summed E-state index contributed by atoms with van der Waals surface area (Å²) in [6.45, 7) is 6.58. The zero-order valence-electron chi connectivity index (χ0n) is 15.5. The smallest absolute Gasteiger partial charge is 0.328 e. The predicted octanol–water partition coefficient (Wildman–Crippen LogP) is 1.65. The van der Waals surface area contributed by atoms with Gasteiger partial charge in [-0.2, -0.15) is 0 Å². The van der Waals surface area contributed by atoms with E-state index in [1.54, 1.807) is 45.0 Å². The third-order valence-corrected chi connectivity index (χ3v) is 3.77. The molecule has 0 fully saturated rings. The summed E-state index contributed by atoms with van der Waals surface area (Å²) in [5.74, 6) is -1.60. The molecule has 8 nitrogen and oxygen atoms in total.